The van der Waals surface area contributed by atoms with Gasteiger partial charge in [-0.1, -0.05) is 54.0 Å². The van der Waals surface area contributed by atoms with Gasteiger partial charge in [0, 0.05) is 27.4 Å². The Morgan fingerprint density at radius 1 is 1.15 bits per heavy atom. The molecule has 0 aliphatic carbocycles. The van der Waals surface area contributed by atoms with Crippen molar-refractivity contribution in [2.75, 3.05) is 0 Å². The highest BCUT2D eigenvalue weighted by Crippen LogP contribution is 2.34. The highest BCUT2D eigenvalue weighted by molar-refractivity contribution is 9.10. The summed E-state index contributed by atoms with van der Waals surface area (Å²) in [5, 5.41) is 1.83. The smallest absolute Gasteiger partial charge is 0.249 e. The summed E-state index contributed by atoms with van der Waals surface area (Å²) in [6, 6.07) is 21.7. The van der Waals surface area contributed by atoms with Crippen LogP contribution in [0.3, 0.4) is 0 Å². The average molecular weight is 420 g/mol. The lowest BCUT2D eigenvalue weighted by Gasteiger charge is -2.10. The molecule has 1 aromatic heterocycles. The summed E-state index contributed by atoms with van der Waals surface area (Å²) in [5.41, 5.74) is 10.7. The molecular weight excluding hydrogens is 400 g/mol. The number of carbonyl (C=O) groups excluding carboxylic acids is 1. The lowest BCUT2D eigenvalue weighted by atomic mass is 10.00. The molecule has 3 aromatic carbocycles. The van der Waals surface area contributed by atoms with Gasteiger partial charge in [0.25, 0.3) is 0 Å². The van der Waals surface area contributed by atoms with E-state index in [-0.39, 0.29) is 0 Å². The van der Waals surface area contributed by atoms with Crippen LogP contribution in [0.4, 0.5) is 0 Å². The van der Waals surface area contributed by atoms with Gasteiger partial charge in [0.15, 0.2) is 0 Å². The van der Waals surface area contributed by atoms with Gasteiger partial charge in [-0.25, -0.2) is 0 Å². The summed E-state index contributed by atoms with van der Waals surface area (Å²) in [5.74, 6) is -0.00923. The number of benzene rings is 3. The second kappa shape index (κ2) is 6.86. The van der Waals surface area contributed by atoms with Crippen LogP contribution in [0.15, 0.2) is 59.1 Å². The second-order valence-electron chi connectivity index (χ2n) is 7.12. The number of hydrogen-bond acceptors (Lipinski definition) is 1. The fraction of sp³-hybridized carbons (Fsp3) is 0.174. The molecule has 3 nitrogen and oxygen atoms in total. The Morgan fingerprint density at radius 3 is 2.56 bits per heavy atom. The lowest BCUT2D eigenvalue weighted by Crippen LogP contribution is -2.11. The zero-order valence-corrected chi connectivity index (χ0v) is 16.9. The molecule has 4 rings (SSSR count). The molecular formula is C23H20BrN2O. The predicted octanol–water partition coefficient (Wildman–Crippen LogP) is 5.63. The number of nitrogens with zero attached hydrogens (tertiary/aromatic N) is 1. The Labute approximate surface area is 166 Å². The molecule has 1 amide bonds. The van der Waals surface area contributed by atoms with Crippen molar-refractivity contribution in [1.29, 1.82) is 0 Å². The summed E-state index contributed by atoms with van der Waals surface area (Å²) in [4.78, 5) is 12.0. The van der Waals surface area contributed by atoms with E-state index in [2.05, 4.69) is 58.6 Å². The maximum absolute atomic E-state index is 12.0. The Balaban J connectivity index is 2.03. The highest BCUT2D eigenvalue weighted by atomic mass is 79.9. The van der Waals surface area contributed by atoms with E-state index in [9.17, 15) is 4.79 Å². The number of aromatic nitrogens is 1. The van der Waals surface area contributed by atoms with Crippen LogP contribution in [0.2, 0.25) is 0 Å². The van der Waals surface area contributed by atoms with Gasteiger partial charge in [0.2, 0.25) is 5.91 Å². The Hall–Kier alpha value is -2.59. The molecule has 2 N–H and O–H groups in total. The third-order valence-corrected chi connectivity index (χ3v) is 5.53. The van der Waals surface area contributed by atoms with Gasteiger partial charge >= 0.3 is 0 Å². The highest BCUT2D eigenvalue weighted by Gasteiger charge is 2.17. The Kier molecular flexibility index (Phi) is 4.52. The Morgan fingerprint density at radius 2 is 1.89 bits per heavy atom. The third kappa shape index (κ3) is 3.15. The van der Waals surface area contributed by atoms with Crippen LogP contribution in [0.25, 0.3) is 21.8 Å². The molecule has 0 saturated carbocycles. The van der Waals surface area contributed by atoms with Gasteiger partial charge in [0.05, 0.1) is 11.0 Å². The van der Waals surface area contributed by atoms with E-state index in [0.29, 0.717) is 18.0 Å². The van der Waals surface area contributed by atoms with E-state index in [4.69, 9.17) is 5.73 Å². The molecule has 0 saturated heterocycles. The maximum Gasteiger partial charge on any atom is 0.249 e. The predicted molar refractivity (Wildman–Crippen MR) is 114 cm³/mol. The summed E-state index contributed by atoms with van der Waals surface area (Å²) in [6.07, 6.45) is 0. The van der Waals surface area contributed by atoms with E-state index >= 15 is 0 Å². The molecule has 0 unspecified atom stereocenters. The van der Waals surface area contributed by atoms with E-state index in [1.54, 1.807) is 6.07 Å². The van der Waals surface area contributed by atoms with Crippen LogP contribution in [-0.4, -0.2) is 10.5 Å². The van der Waals surface area contributed by atoms with Crippen molar-refractivity contribution >= 4 is 43.6 Å². The molecule has 0 fully saturated rings. The normalized spacial score (nSPS) is 11.6. The first-order valence-corrected chi connectivity index (χ1v) is 9.76. The van der Waals surface area contributed by atoms with Crippen LogP contribution >= 0.6 is 15.9 Å². The molecule has 0 atom stereocenters. The number of hydrogen-bond donors (Lipinski definition) is 1. The number of nitrogens with two attached hydrogens (primary N) is 1. The molecule has 135 valence electrons. The van der Waals surface area contributed by atoms with Crippen molar-refractivity contribution < 1.29 is 4.79 Å². The van der Waals surface area contributed by atoms with Crippen LogP contribution < -0.4 is 5.73 Å². The maximum atomic E-state index is 12.0. The lowest BCUT2D eigenvalue weighted by molar-refractivity contribution is 0.100. The molecule has 0 aliphatic rings. The molecule has 0 aliphatic heterocycles. The Bertz CT molecular complexity index is 1160. The van der Waals surface area contributed by atoms with Crippen LogP contribution in [0, 0.1) is 6.07 Å². The molecule has 0 bridgehead atoms. The molecule has 27 heavy (non-hydrogen) atoms. The number of carbonyl (C=O) groups is 1. The van der Waals surface area contributed by atoms with Crippen molar-refractivity contribution in [2.24, 2.45) is 5.73 Å². The summed E-state index contributed by atoms with van der Waals surface area (Å²) in [7, 11) is 0. The monoisotopic (exact) mass is 419 g/mol. The zero-order valence-electron chi connectivity index (χ0n) is 15.3. The van der Waals surface area contributed by atoms with Crippen molar-refractivity contribution in [3.05, 3.63) is 81.8 Å². The second-order valence-corrected chi connectivity index (χ2v) is 8.04. The standard InChI is InChI=1S/C23H20BrN2O/c1-14(2)16-8-11-18-21(12-16)26(13-15-6-9-17(24)10-7-15)20-5-3-4-19(22(18)20)23(25)27/h3-10,12,14H,13H2,1-2H3,(H2,25,27). The van der Waals surface area contributed by atoms with Crippen molar-refractivity contribution in [2.45, 2.75) is 26.3 Å². The van der Waals surface area contributed by atoms with Gasteiger partial charge in [-0.15, -0.1) is 0 Å². The number of rotatable bonds is 4. The largest absolute Gasteiger partial charge is 0.366 e. The average Bonchev–Trinajstić information content (AvgIpc) is 2.96. The molecule has 4 heteroatoms. The van der Waals surface area contributed by atoms with Gasteiger partial charge < -0.3 is 10.3 Å². The van der Waals surface area contributed by atoms with Gasteiger partial charge in [0.1, 0.15) is 0 Å². The third-order valence-electron chi connectivity index (χ3n) is 5.00. The van der Waals surface area contributed by atoms with E-state index in [0.717, 1.165) is 26.3 Å². The van der Waals surface area contributed by atoms with Gasteiger partial charge in [-0.05, 0) is 53.4 Å². The minimum Gasteiger partial charge on any atom is -0.366 e. The summed E-state index contributed by atoms with van der Waals surface area (Å²) >= 11 is 3.49. The summed E-state index contributed by atoms with van der Waals surface area (Å²) in [6.45, 7) is 5.06. The van der Waals surface area contributed by atoms with Crippen molar-refractivity contribution in [3.8, 4) is 0 Å². The van der Waals surface area contributed by atoms with Crippen LogP contribution in [0.5, 0.6) is 0 Å². The molecule has 0 spiro atoms. The van der Waals surface area contributed by atoms with E-state index in [1.807, 2.05) is 30.3 Å². The van der Waals surface area contributed by atoms with Crippen molar-refractivity contribution in [1.82, 2.24) is 4.57 Å². The number of halogens is 1. The van der Waals surface area contributed by atoms with Crippen LogP contribution in [-0.2, 0) is 6.54 Å². The number of fused-ring (bicyclic) bond motifs is 3. The van der Waals surface area contributed by atoms with Gasteiger partial charge in [-0.3, -0.25) is 4.79 Å². The van der Waals surface area contributed by atoms with E-state index < -0.39 is 5.91 Å². The van der Waals surface area contributed by atoms with E-state index in [1.165, 1.54) is 11.1 Å². The molecule has 1 heterocycles. The number of primary amides is 1. The quantitative estimate of drug-likeness (QED) is 0.457. The van der Waals surface area contributed by atoms with Crippen LogP contribution in [0.1, 0.15) is 41.3 Å². The molecule has 1 radical (unpaired) electrons. The topological polar surface area (TPSA) is 48.0 Å². The minimum absolute atomic E-state index is 0.403. The summed E-state index contributed by atoms with van der Waals surface area (Å²) < 4.78 is 3.31. The number of amides is 1. The SMILES string of the molecule is CC(C)c1c[c]c2c3c(C(N)=O)cccc3n(Cc3ccc(Br)cc3)c2c1. The first-order chi connectivity index (χ1) is 13.0. The fourth-order valence-corrected chi connectivity index (χ4v) is 3.82. The first kappa shape index (κ1) is 17.8. The molecule has 4 aromatic rings. The zero-order chi connectivity index (χ0) is 19.1. The fourth-order valence-electron chi connectivity index (χ4n) is 3.55. The first-order valence-electron chi connectivity index (χ1n) is 8.96. The van der Waals surface area contributed by atoms with Crippen molar-refractivity contribution in [3.63, 3.8) is 0 Å². The van der Waals surface area contributed by atoms with Gasteiger partial charge in [-0.2, -0.15) is 0 Å². The minimum atomic E-state index is -0.412.